The lowest BCUT2D eigenvalue weighted by molar-refractivity contribution is -0.155. The van der Waals surface area contributed by atoms with Gasteiger partial charge in [-0.3, -0.25) is 4.79 Å². The second kappa shape index (κ2) is 9.60. The largest absolute Gasteiger partial charge is 0.462 e. The molecule has 0 saturated heterocycles. The van der Waals surface area contributed by atoms with Gasteiger partial charge in [0, 0.05) is 18.8 Å². The van der Waals surface area contributed by atoms with Crippen LogP contribution in [0, 0.1) is 23.2 Å². The molecule has 2 aromatic rings. The summed E-state index contributed by atoms with van der Waals surface area (Å²) in [6.45, 7) is 3.82. The van der Waals surface area contributed by atoms with E-state index in [2.05, 4.69) is 13.0 Å². The van der Waals surface area contributed by atoms with Gasteiger partial charge in [0.1, 0.15) is 18.1 Å². The molecule has 3 aliphatic carbocycles. The van der Waals surface area contributed by atoms with Crippen LogP contribution in [0.15, 0.2) is 48.5 Å². The van der Waals surface area contributed by atoms with Gasteiger partial charge in [-0.05, 0) is 97.6 Å². The normalized spacial score (nSPS) is 31.0. The molecule has 0 aliphatic heterocycles. The van der Waals surface area contributed by atoms with Crippen molar-refractivity contribution >= 4 is 18.2 Å². The average molecular weight is 475 g/mol. The molecular formula is C30H34O5. The van der Waals surface area contributed by atoms with Crippen molar-refractivity contribution in [3.63, 3.8) is 0 Å². The van der Waals surface area contributed by atoms with Crippen LogP contribution in [0.4, 0.5) is 0 Å². The number of ether oxygens (including phenoxy) is 2. The highest BCUT2D eigenvalue weighted by Gasteiger charge is 2.58. The molecule has 0 N–H and O–H groups in total. The minimum absolute atomic E-state index is 0.00504. The molecule has 5 rings (SSSR count). The van der Waals surface area contributed by atoms with Crippen molar-refractivity contribution in [2.75, 3.05) is 0 Å². The number of carbonyl (C=O) groups excluding carboxylic acids is 3. The van der Waals surface area contributed by atoms with Crippen LogP contribution in [0.3, 0.4) is 0 Å². The summed E-state index contributed by atoms with van der Waals surface area (Å²) in [6.07, 6.45) is 7.38. The van der Waals surface area contributed by atoms with Crippen LogP contribution in [0.25, 0.3) is 0 Å². The van der Waals surface area contributed by atoms with Crippen molar-refractivity contribution < 1.29 is 23.9 Å². The zero-order chi connectivity index (χ0) is 24.6. The second-order valence-electron chi connectivity index (χ2n) is 10.8. The lowest BCUT2D eigenvalue weighted by atomic mass is 9.52. The van der Waals surface area contributed by atoms with Gasteiger partial charge in [0.05, 0.1) is 5.56 Å². The molecule has 5 heteroatoms. The van der Waals surface area contributed by atoms with E-state index in [1.165, 1.54) is 18.1 Å². The Kier molecular flexibility index (Phi) is 6.52. The Morgan fingerprint density at radius 3 is 2.63 bits per heavy atom. The van der Waals surface area contributed by atoms with Gasteiger partial charge in [0.15, 0.2) is 0 Å². The Morgan fingerprint density at radius 2 is 1.89 bits per heavy atom. The van der Waals surface area contributed by atoms with E-state index in [9.17, 15) is 14.4 Å². The van der Waals surface area contributed by atoms with Gasteiger partial charge in [-0.2, -0.15) is 0 Å². The van der Waals surface area contributed by atoms with Gasteiger partial charge in [-0.25, -0.2) is 4.79 Å². The number of rotatable bonds is 6. The molecule has 184 valence electrons. The van der Waals surface area contributed by atoms with Crippen molar-refractivity contribution in [3.8, 4) is 5.75 Å². The SMILES string of the molecule is CC(=O)O[C@H]1CC[C@H]2[C@@H]3[C@H](CCC=O)Cc4cc(OC(=O)c5ccccc5)ccc4[C@H]3CC[C@]12C. The van der Waals surface area contributed by atoms with E-state index < -0.39 is 0 Å². The molecular weight excluding hydrogens is 440 g/mol. The minimum atomic E-state index is -0.354. The van der Waals surface area contributed by atoms with E-state index in [0.717, 1.165) is 44.8 Å². The molecule has 6 atom stereocenters. The van der Waals surface area contributed by atoms with Crippen LogP contribution >= 0.6 is 0 Å². The van der Waals surface area contributed by atoms with E-state index in [-0.39, 0.29) is 23.5 Å². The molecule has 0 amide bonds. The summed E-state index contributed by atoms with van der Waals surface area (Å²) >= 11 is 0. The van der Waals surface area contributed by atoms with E-state index >= 15 is 0 Å². The maximum atomic E-state index is 12.6. The molecule has 0 unspecified atom stereocenters. The van der Waals surface area contributed by atoms with E-state index in [4.69, 9.17) is 9.47 Å². The predicted octanol–water partition coefficient (Wildman–Crippen LogP) is 5.90. The minimum Gasteiger partial charge on any atom is -0.462 e. The number of hydrogen-bond acceptors (Lipinski definition) is 5. The lowest BCUT2D eigenvalue weighted by Crippen LogP contribution is -2.48. The van der Waals surface area contributed by atoms with Crippen LogP contribution in [-0.2, 0) is 20.7 Å². The maximum Gasteiger partial charge on any atom is 0.343 e. The molecule has 0 radical (unpaired) electrons. The third-order valence-corrected chi connectivity index (χ3v) is 8.97. The van der Waals surface area contributed by atoms with Gasteiger partial charge in [-0.15, -0.1) is 0 Å². The topological polar surface area (TPSA) is 69.7 Å². The highest BCUT2D eigenvalue weighted by molar-refractivity contribution is 5.91. The first-order valence-corrected chi connectivity index (χ1v) is 12.9. The number of benzene rings is 2. The fourth-order valence-corrected chi connectivity index (χ4v) is 7.48. The summed E-state index contributed by atoms with van der Waals surface area (Å²) in [5.74, 6) is 1.78. The number of carbonyl (C=O) groups is 3. The van der Waals surface area contributed by atoms with Crippen molar-refractivity contribution in [1.82, 2.24) is 0 Å². The smallest absolute Gasteiger partial charge is 0.343 e. The lowest BCUT2D eigenvalue weighted by Gasteiger charge is -2.53. The molecule has 2 saturated carbocycles. The van der Waals surface area contributed by atoms with Crippen molar-refractivity contribution in [3.05, 3.63) is 65.2 Å². The first-order valence-electron chi connectivity index (χ1n) is 12.9. The number of fused-ring (bicyclic) bond motifs is 5. The summed E-state index contributed by atoms with van der Waals surface area (Å²) in [4.78, 5) is 35.7. The molecule has 2 aromatic carbocycles. The van der Waals surface area contributed by atoms with Gasteiger partial charge in [0.25, 0.3) is 0 Å². The number of esters is 2. The van der Waals surface area contributed by atoms with Crippen LogP contribution < -0.4 is 4.74 Å². The molecule has 0 heterocycles. The van der Waals surface area contributed by atoms with Crippen LogP contribution in [0.1, 0.15) is 79.8 Å². The Hall–Kier alpha value is -2.95. The third kappa shape index (κ3) is 4.41. The highest BCUT2D eigenvalue weighted by Crippen LogP contribution is 2.63. The van der Waals surface area contributed by atoms with E-state index in [1.807, 2.05) is 30.3 Å². The molecule has 3 aliphatic rings. The maximum absolute atomic E-state index is 12.6. The number of aldehydes is 1. The highest BCUT2D eigenvalue weighted by atomic mass is 16.5. The Morgan fingerprint density at radius 1 is 1.09 bits per heavy atom. The second-order valence-corrected chi connectivity index (χ2v) is 10.8. The summed E-state index contributed by atoms with van der Waals surface area (Å²) < 4.78 is 11.5. The monoisotopic (exact) mass is 474 g/mol. The van der Waals surface area contributed by atoms with Crippen molar-refractivity contribution in [2.45, 2.75) is 70.8 Å². The average Bonchev–Trinajstić information content (AvgIpc) is 3.18. The zero-order valence-corrected chi connectivity index (χ0v) is 20.6. The first kappa shape index (κ1) is 23.8. The molecule has 0 spiro atoms. The first-order chi connectivity index (χ1) is 16.9. The Balaban J connectivity index is 1.43. The summed E-state index contributed by atoms with van der Waals surface area (Å²) in [6, 6.07) is 15.1. The van der Waals surface area contributed by atoms with Gasteiger partial charge in [-0.1, -0.05) is 31.2 Å². The van der Waals surface area contributed by atoms with Gasteiger partial charge >= 0.3 is 11.9 Å². The van der Waals surface area contributed by atoms with E-state index in [1.54, 1.807) is 12.1 Å². The summed E-state index contributed by atoms with van der Waals surface area (Å²) in [5, 5.41) is 0. The molecule has 35 heavy (non-hydrogen) atoms. The Bertz CT molecular complexity index is 1110. The van der Waals surface area contributed by atoms with Crippen LogP contribution in [0.5, 0.6) is 5.75 Å². The van der Waals surface area contributed by atoms with Crippen molar-refractivity contribution in [2.24, 2.45) is 23.2 Å². The van der Waals surface area contributed by atoms with E-state index in [0.29, 0.717) is 41.4 Å². The van der Waals surface area contributed by atoms with Gasteiger partial charge < -0.3 is 14.3 Å². The zero-order valence-electron chi connectivity index (χ0n) is 20.6. The fourth-order valence-electron chi connectivity index (χ4n) is 7.48. The van der Waals surface area contributed by atoms with Crippen LogP contribution in [-0.4, -0.2) is 24.3 Å². The van der Waals surface area contributed by atoms with Crippen molar-refractivity contribution in [1.29, 1.82) is 0 Å². The quantitative estimate of drug-likeness (QED) is 0.296. The third-order valence-electron chi connectivity index (χ3n) is 8.97. The summed E-state index contributed by atoms with van der Waals surface area (Å²) in [7, 11) is 0. The van der Waals surface area contributed by atoms with Crippen LogP contribution in [0.2, 0.25) is 0 Å². The number of hydrogen-bond donors (Lipinski definition) is 0. The predicted molar refractivity (Wildman–Crippen MR) is 132 cm³/mol. The fraction of sp³-hybridized carbons (Fsp3) is 0.500. The molecule has 2 fully saturated rings. The molecule has 5 nitrogen and oxygen atoms in total. The Labute approximate surface area is 207 Å². The molecule has 0 aromatic heterocycles. The standard InChI is InChI=1S/C30H34O5/c1-19(32)34-27-13-12-26-28-21(9-6-16-31)17-22-18-23(35-29(33)20-7-4-3-5-8-20)10-11-24(22)25(28)14-15-30(26,27)2/h3-5,7-8,10-11,16,18,21,25-28H,6,9,12-15,17H2,1-2H3/t21-,25-,26+,27+,28-,30+/m1/s1. The van der Waals surface area contributed by atoms with Gasteiger partial charge in [0.2, 0.25) is 0 Å². The molecule has 0 bridgehead atoms. The summed E-state index contributed by atoms with van der Waals surface area (Å²) in [5.41, 5.74) is 3.12.